The molecule has 5 atom stereocenters. The third-order valence-corrected chi connectivity index (χ3v) is 14.2. The molecule has 4 amide bonds. The van der Waals surface area contributed by atoms with Gasteiger partial charge < -0.3 is 29.4 Å². The Labute approximate surface area is 346 Å². The highest BCUT2D eigenvalue weighted by Gasteiger charge is 2.62. The average molecular weight is 842 g/mol. The van der Waals surface area contributed by atoms with Crippen LogP contribution in [0.5, 0.6) is 5.75 Å². The van der Waals surface area contributed by atoms with Crippen molar-refractivity contribution in [1.82, 2.24) is 25.2 Å². The molecule has 60 heavy (non-hydrogen) atoms. The molecule has 1 saturated heterocycles. The van der Waals surface area contributed by atoms with Gasteiger partial charge in [0, 0.05) is 29.4 Å². The van der Waals surface area contributed by atoms with E-state index in [-0.39, 0.29) is 36.8 Å². The molecule has 16 heteroatoms. The number of allylic oxidation sites excluding steroid dienone is 1. The number of pyridine rings is 1. The minimum Gasteiger partial charge on any atom is -0.484 e. The molecule has 0 spiro atoms. The Morgan fingerprint density at radius 3 is 2.52 bits per heavy atom. The van der Waals surface area contributed by atoms with Crippen LogP contribution in [0.2, 0.25) is 0 Å². The van der Waals surface area contributed by atoms with Crippen LogP contribution in [0, 0.1) is 11.7 Å². The lowest BCUT2D eigenvalue weighted by Gasteiger charge is -2.30. The number of amides is 4. The molecule has 3 saturated carbocycles. The fraction of sp³-hybridized carbons (Fsp3) is 0.477. The molecule has 4 aromatic rings. The Morgan fingerprint density at radius 1 is 0.950 bits per heavy atom. The van der Waals surface area contributed by atoms with Gasteiger partial charge in [-0.15, -0.1) is 0 Å². The fourth-order valence-electron chi connectivity index (χ4n) is 8.88. The molecule has 5 aliphatic rings. The number of rotatable bonds is 8. The Morgan fingerprint density at radius 2 is 1.73 bits per heavy atom. The van der Waals surface area contributed by atoms with E-state index in [2.05, 4.69) is 15.4 Å². The van der Waals surface area contributed by atoms with Gasteiger partial charge in [-0.05, 0) is 82.4 Å². The standard InChI is InChI=1S/C44H48FN5O9S/c45-28-17-20-36-32(21-28)38-39(59-36)37(23-34(46-38)26-11-5-4-6-12-26)57-30-22-35-40(51)48-44(42(53)49-60(55,56)31-18-19-31)24-27(44)13-7-2-1-3-8-16-33(41(52)50(35)25-30)47-43(54)58-29-14-9-10-15-29/h4-7,11-13,17,20-21,23,27,29-31,33,35H,1-3,8-10,14-16,18-19,22,24-25H2,(H,47,54)(H,48,51)(H,49,53)/t27-,30-,33+,35+,44-/m1/s1. The summed E-state index contributed by atoms with van der Waals surface area (Å²) >= 11 is 0. The summed E-state index contributed by atoms with van der Waals surface area (Å²) in [5.41, 5.74) is 0.763. The predicted octanol–water partition coefficient (Wildman–Crippen LogP) is 6.18. The Kier molecular flexibility index (Phi) is 10.8. The lowest BCUT2D eigenvalue weighted by molar-refractivity contribution is -0.141. The van der Waals surface area contributed by atoms with Crippen molar-refractivity contribution in [3.8, 4) is 17.0 Å². The Hall–Kier alpha value is -5.51. The van der Waals surface area contributed by atoms with E-state index in [9.17, 15) is 32.0 Å². The first-order valence-electron chi connectivity index (χ1n) is 21.0. The monoisotopic (exact) mass is 841 g/mol. The summed E-state index contributed by atoms with van der Waals surface area (Å²) in [6.45, 7) is -0.0787. The minimum absolute atomic E-state index is 0.0191. The smallest absolute Gasteiger partial charge is 0.408 e. The van der Waals surface area contributed by atoms with Gasteiger partial charge in [0.1, 0.15) is 46.7 Å². The molecular formula is C44H48FN5O9S. The van der Waals surface area contributed by atoms with Crippen molar-refractivity contribution < 1.29 is 45.9 Å². The van der Waals surface area contributed by atoms with Gasteiger partial charge in [0.2, 0.25) is 21.8 Å². The highest BCUT2D eigenvalue weighted by atomic mass is 32.2. The van der Waals surface area contributed by atoms with E-state index in [1.165, 1.54) is 23.1 Å². The summed E-state index contributed by atoms with van der Waals surface area (Å²) in [5, 5.41) is 5.49. The average Bonchev–Trinajstić information content (AvgIpc) is 4.05. The highest BCUT2D eigenvalue weighted by Crippen LogP contribution is 2.46. The number of carbonyl (C=O) groups is 4. The van der Waals surface area contributed by atoms with Gasteiger partial charge in [-0.3, -0.25) is 19.1 Å². The molecule has 3 N–H and O–H groups in total. The van der Waals surface area contributed by atoms with Gasteiger partial charge in [-0.25, -0.2) is 22.6 Å². The number of aromatic nitrogens is 1. The molecule has 0 unspecified atom stereocenters. The first-order valence-corrected chi connectivity index (χ1v) is 22.6. The van der Waals surface area contributed by atoms with Gasteiger partial charge in [0.25, 0.3) is 5.91 Å². The molecule has 4 fully saturated rings. The van der Waals surface area contributed by atoms with Crippen LogP contribution in [0.3, 0.4) is 0 Å². The predicted molar refractivity (Wildman–Crippen MR) is 218 cm³/mol. The second kappa shape index (κ2) is 16.2. The number of fused-ring (bicyclic) bond motifs is 5. The SMILES string of the molecule is O=C(N[C@H]1CCCCCC=C[C@@H]2C[C@@]2(C(=O)NS(=O)(=O)C2CC2)NC(=O)[C@@H]2C[C@@H](Oc3cc(-c4ccccc4)nc4c3oc3ccc(F)cc34)CN2C1=O)OC1CCCC1. The van der Waals surface area contributed by atoms with E-state index in [0.717, 1.165) is 44.1 Å². The first-order chi connectivity index (χ1) is 29.0. The summed E-state index contributed by atoms with van der Waals surface area (Å²) in [7, 11) is -3.93. The topological polar surface area (TPSA) is 186 Å². The number of nitrogens with one attached hydrogen (secondary N) is 3. The normalized spacial score (nSPS) is 26.4. The second-order valence-electron chi connectivity index (χ2n) is 16.8. The lowest BCUT2D eigenvalue weighted by Crippen LogP contribution is -2.58. The van der Waals surface area contributed by atoms with E-state index in [1.807, 2.05) is 42.5 Å². The highest BCUT2D eigenvalue weighted by molar-refractivity contribution is 7.91. The van der Waals surface area contributed by atoms with E-state index < -0.39 is 74.5 Å². The van der Waals surface area contributed by atoms with Crippen LogP contribution in [-0.2, 0) is 29.1 Å². The maximum atomic E-state index is 14.7. The minimum atomic E-state index is -3.93. The van der Waals surface area contributed by atoms with E-state index >= 15 is 0 Å². The van der Waals surface area contributed by atoms with Crippen molar-refractivity contribution in [3.63, 3.8) is 0 Å². The molecule has 0 radical (unpaired) electrons. The molecule has 316 valence electrons. The van der Waals surface area contributed by atoms with Crippen LogP contribution >= 0.6 is 0 Å². The maximum Gasteiger partial charge on any atom is 0.408 e. The summed E-state index contributed by atoms with van der Waals surface area (Å²) in [6.07, 6.45) is 9.66. The Bertz CT molecular complexity index is 2470. The molecule has 14 nitrogen and oxygen atoms in total. The van der Waals surface area contributed by atoms with Gasteiger partial charge in [0.05, 0.1) is 17.5 Å². The largest absolute Gasteiger partial charge is 0.484 e. The van der Waals surface area contributed by atoms with Crippen LogP contribution in [0.4, 0.5) is 9.18 Å². The zero-order chi connectivity index (χ0) is 41.6. The molecule has 9 rings (SSSR count). The third kappa shape index (κ3) is 8.17. The number of carbonyl (C=O) groups excluding carboxylic acids is 4. The number of halogens is 1. The van der Waals surface area contributed by atoms with Gasteiger partial charge in [-0.2, -0.15) is 0 Å². The van der Waals surface area contributed by atoms with Crippen molar-refractivity contribution >= 4 is 55.9 Å². The summed E-state index contributed by atoms with van der Waals surface area (Å²) < 4.78 is 61.2. The van der Waals surface area contributed by atoms with Crippen LogP contribution in [0.25, 0.3) is 33.3 Å². The van der Waals surface area contributed by atoms with Crippen molar-refractivity contribution in [2.45, 2.75) is 119 Å². The number of nitrogens with zero attached hydrogens (tertiary/aromatic N) is 2. The molecule has 4 heterocycles. The molecule has 2 aromatic carbocycles. The number of benzene rings is 2. The zero-order valence-electron chi connectivity index (χ0n) is 33.1. The van der Waals surface area contributed by atoms with Crippen LogP contribution in [0.15, 0.2) is 71.2 Å². The van der Waals surface area contributed by atoms with Gasteiger partial charge in [-0.1, -0.05) is 55.3 Å². The van der Waals surface area contributed by atoms with E-state index in [4.69, 9.17) is 18.9 Å². The summed E-state index contributed by atoms with van der Waals surface area (Å²) in [6, 6.07) is 13.0. The fourth-order valence-corrected chi connectivity index (χ4v) is 10.2. The molecule has 0 bridgehead atoms. The number of hydrogen-bond donors (Lipinski definition) is 3. The van der Waals surface area contributed by atoms with Crippen molar-refractivity contribution in [1.29, 1.82) is 0 Å². The van der Waals surface area contributed by atoms with Crippen molar-refractivity contribution in [3.05, 3.63) is 72.6 Å². The van der Waals surface area contributed by atoms with E-state index in [0.29, 0.717) is 54.3 Å². The number of alkyl carbamates (subject to hydrolysis) is 1. The number of ether oxygens (including phenoxy) is 2. The number of sulfonamides is 1. The number of hydrogen-bond acceptors (Lipinski definition) is 10. The van der Waals surface area contributed by atoms with Crippen LogP contribution in [0.1, 0.15) is 83.5 Å². The number of furan rings is 1. The van der Waals surface area contributed by atoms with Crippen molar-refractivity contribution in [2.75, 3.05) is 6.54 Å². The first kappa shape index (κ1) is 39.9. The molecule has 3 aliphatic carbocycles. The maximum absolute atomic E-state index is 14.7. The van der Waals surface area contributed by atoms with Crippen molar-refractivity contribution in [2.24, 2.45) is 5.92 Å². The molecule has 2 aromatic heterocycles. The van der Waals surface area contributed by atoms with Gasteiger partial charge >= 0.3 is 6.09 Å². The molecular weight excluding hydrogens is 794 g/mol. The Balaban J connectivity index is 1.06. The van der Waals surface area contributed by atoms with Crippen LogP contribution < -0.4 is 20.1 Å². The summed E-state index contributed by atoms with van der Waals surface area (Å²) in [4.78, 5) is 62.7. The van der Waals surface area contributed by atoms with Crippen LogP contribution in [-0.4, -0.2) is 83.7 Å². The lowest BCUT2D eigenvalue weighted by atomic mass is 10.0. The van der Waals surface area contributed by atoms with Gasteiger partial charge in [0.15, 0.2) is 11.3 Å². The second-order valence-corrected chi connectivity index (χ2v) is 18.8. The molecule has 2 aliphatic heterocycles. The third-order valence-electron chi connectivity index (χ3n) is 12.4. The quantitative estimate of drug-likeness (QED) is 0.173. The van der Waals surface area contributed by atoms with E-state index in [1.54, 1.807) is 6.07 Å². The summed E-state index contributed by atoms with van der Waals surface area (Å²) in [5.74, 6) is -2.64. The zero-order valence-corrected chi connectivity index (χ0v) is 33.9.